The normalized spacial score (nSPS) is 11.7. The van der Waals surface area contributed by atoms with Crippen LogP contribution in [0.15, 0.2) is 35.3 Å². The van der Waals surface area contributed by atoms with Crippen LogP contribution in [0.2, 0.25) is 0 Å². The molecule has 0 spiro atoms. The molecule has 2 nitrogen and oxygen atoms in total. The number of aromatic hydroxyl groups is 1. The van der Waals surface area contributed by atoms with Crippen LogP contribution in [-0.4, -0.2) is 16.9 Å². The van der Waals surface area contributed by atoms with E-state index in [-0.39, 0.29) is 5.54 Å². The fourth-order valence-corrected chi connectivity index (χ4v) is 3.88. The summed E-state index contributed by atoms with van der Waals surface area (Å²) in [4.78, 5) is 4.64. The molecule has 26 heavy (non-hydrogen) atoms. The summed E-state index contributed by atoms with van der Waals surface area (Å²) in [7, 11) is 10.2. The standard InChI is InChI=1S/C20H26NOP.2ClH.Ti/c1-13-10-15(3)18(22)17(11-13)23-19-14(2)8-7-9-16(19)12-21-20(4,5)6;;;/h7-12,22-23H,1-6H3;2*1H;/q;;;+2/p-2. The molecule has 2 aromatic carbocycles. The van der Waals surface area contributed by atoms with Crippen LogP contribution in [0.25, 0.3) is 0 Å². The number of aliphatic imine (C=N–C) groups is 1. The molecule has 2 aromatic rings. The summed E-state index contributed by atoms with van der Waals surface area (Å²) in [6, 6.07) is 10.4. The van der Waals surface area contributed by atoms with Crippen LogP contribution in [0.1, 0.15) is 43.0 Å². The van der Waals surface area contributed by atoms with Crippen molar-refractivity contribution in [2.45, 2.75) is 47.1 Å². The van der Waals surface area contributed by atoms with E-state index in [0.717, 1.165) is 16.4 Å². The molecule has 0 saturated carbocycles. The predicted molar refractivity (Wildman–Crippen MR) is 115 cm³/mol. The van der Waals surface area contributed by atoms with Gasteiger partial charge in [-0.3, -0.25) is 4.99 Å². The Morgan fingerprint density at radius 3 is 2.27 bits per heavy atom. The molecule has 0 fully saturated rings. The number of nitrogens with zero attached hydrogens (tertiary/aromatic N) is 1. The van der Waals surface area contributed by atoms with Crippen molar-refractivity contribution in [2.75, 3.05) is 0 Å². The number of benzene rings is 2. The number of aryl methyl sites for hydroxylation is 3. The van der Waals surface area contributed by atoms with Gasteiger partial charge in [-0.25, -0.2) is 0 Å². The summed E-state index contributed by atoms with van der Waals surface area (Å²) < 4.78 is 0. The third-order valence-corrected chi connectivity index (χ3v) is 5.18. The fourth-order valence-electron chi connectivity index (χ4n) is 2.42. The first-order valence-corrected chi connectivity index (χ1v) is 13.6. The Morgan fingerprint density at radius 1 is 1.08 bits per heavy atom. The van der Waals surface area contributed by atoms with Crippen LogP contribution in [0.3, 0.4) is 0 Å². The molecular weight excluding hydrogens is 420 g/mol. The van der Waals surface area contributed by atoms with Gasteiger partial charge < -0.3 is 5.11 Å². The second kappa shape index (κ2) is 10.8. The molecule has 1 unspecified atom stereocenters. The van der Waals surface area contributed by atoms with Gasteiger partial charge in [0.05, 0.1) is 5.54 Å². The second-order valence-corrected chi connectivity index (χ2v) is 11.0. The summed E-state index contributed by atoms with van der Waals surface area (Å²) in [5, 5.41) is 12.7. The average molecular weight is 446 g/mol. The quantitative estimate of drug-likeness (QED) is 0.375. The molecule has 0 amide bonds. The van der Waals surface area contributed by atoms with Crippen molar-refractivity contribution in [3.63, 3.8) is 0 Å². The molecule has 2 rings (SSSR count). The third kappa shape index (κ3) is 7.71. The number of halogens is 2. The average Bonchev–Trinajstić information content (AvgIpc) is 2.52. The number of phenolic OH excluding ortho intramolecular Hbond substituents is 1. The van der Waals surface area contributed by atoms with Crippen LogP contribution in [0, 0.1) is 20.8 Å². The minimum absolute atomic E-state index is 0.0911. The molecule has 140 valence electrons. The molecule has 0 bridgehead atoms. The van der Waals surface area contributed by atoms with Crippen molar-refractivity contribution in [2.24, 2.45) is 4.99 Å². The van der Waals surface area contributed by atoms with Crippen molar-refractivity contribution < 1.29 is 22.1 Å². The first-order chi connectivity index (χ1) is 12.1. The molecule has 0 radical (unpaired) electrons. The molecule has 1 atom stereocenters. The molecule has 1 N–H and O–H groups in total. The van der Waals surface area contributed by atoms with Gasteiger partial charge in [0.1, 0.15) is 5.75 Å². The van der Waals surface area contributed by atoms with E-state index in [2.05, 4.69) is 63.9 Å². The van der Waals surface area contributed by atoms with Gasteiger partial charge in [0.15, 0.2) is 0 Å². The Kier molecular flexibility index (Phi) is 9.87. The Hall–Kier alpha value is -0.366. The zero-order chi connectivity index (χ0) is 19.9. The Balaban J connectivity index is 0.00000105. The van der Waals surface area contributed by atoms with E-state index >= 15 is 0 Å². The summed E-state index contributed by atoms with van der Waals surface area (Å²) in [6.07, 6.45) is 1.97. The fraction of sp³-hybridized carbons (Fsp3) is 0.350. The van der Waals surface area contributed by atoms with E-state index in [1.807, 2.05) is 19.2 Å². The third-order valence-electron chi connectivity index (χ3n) is 3.60. The summed E-state index contributed by atoms with van der Waals surface area (Å²) >= 11 is -0.556. The van der Waals surface area contributed by atoms with Crippen LogP contribution in [0.4, 0.5) is 0 Å². The van der Waals surface area contributed by atoms with E-state index in [1.165, 1.54) is 16.4 Å². The summed E-state index contributed by atoms with van der Waals surface area (Å²) in [5.41, 5.74) is 4.40. The Labute approximate surface area is 175 Å². The van der Waals surface area contributed by atoms with Crippen molar-refractivity contribution in [3.8, 4) is 5.75 Å². The van der Waals surface area contributed by atoms with Gasteiger partial charge in [-0.05, 0) is 69.6 Å². The van der Waals surface area contributed by atoms with Crippen molar-refractivity contribution in [1.29, 1.82) is 0 Å². The molecule has 0 heterocycles. The van der Waals surface area contributed by atoms with E-state index in [1.54, 1.807) is 0 Å². The topological polar surface area (TPSA) is 32.6 Å². The monoisotopic (exact) mass is 445 g/mol. The van der Waals surface area contributed by atoms with E-state index in [0.29, 0.717) is 14.3 Å². The maximum absolute atomic E-state index is 10.4. The van der Waals surface area contributed by atoms with Crippen LogP contribution >= 0.6 is 27.2 Å². The second-order valence-electron chi connectivity index (χ2n) is 7.14. The van der Waals surface area contributed by atoms with E-state index < -0.39 is 17.0 Å². The first kappa shape index (κ1) is 23.7. The predicted octanol–water partition coefficient (Wildman–Crippen LogP) is 5.54. The van der Waals surface area contributed by atoms with Gasteiger partial charge in [-0.2, -0.15) is 0 Å². The van der Waals surface area contributed by atoms with Crippen LogP contribution in [0.5, 0.6) is 5.75 Å². The number of phenols is 1. The first-order valence-electron chi connectivity index (χ1n) is 8.27. The van der Waals surface area contributed by atoms with Gasteiger partial charge in [-0.15, -0.1) is 0 Å². The molecule has 0 saturated heterocycles. The van der Waals surface area contributed by atoms with Crippen molar-refractivity contribution >= 4 is 44.0 Å². The van der Waals surface area contributed by atoms with E-state index in [4.69, 9.17) is 18.6 Å². The molecule has 0 aliphatic rings. The van der Waals surface area contributed by atoms with Gasteiger partial charge in [0, 0.05) is 17.1 Å². The van der Waals surface area contributed by atoms with Gasteiger partial charge in [0.2, 0.25) is 0 Å². The number of rotatable bonds is 3. The maximum atomic E-state index is 10.4. The molecule has 0 aliphatic heterocycles. The molecule has 6 heteroatoms. The molecular formula is C20H26Cl2NOPTi. The molecule has 0 aromatic heterocycles. The number of hydrogen-bond donors (Lipinski definition) is 1. The van der Waals surface area contributed by atoms with E-state index in [9.17, 15) is 5.11 Å². The summed E-state index contributed by atoms with van der Waals surface area (Å²) in [5.74, 6) is 0.413. The van der Waals surface area contributed by atoms with Gasteiger partial charge in [0.25, 0.3) is 0 Å². The SMILES string of the molecule is Cc1cc(C)c(O)c(Pc2c(C)cccc2C=NC(C)(C)C)c1.[Cl][Ti][Cl]. The molecule has 0 aliphatic carbocycles. The van der Waals surface area contributed by atoms with Crippen molar-refractivity contribution in [1.82, 2.24) is 0 Å². The zero-order valence-electron chi connectivity index (χ0n) is 16.1. The van der Waals surface area contributed by atoms with Crippen LogP contribution in [-0.2, 0) is 17.0 Å². The van der Waals surface area contributed by atoms with Gasteiger partial charge in [-0.1, -0.05) is 32.8 Å². The number of hydrogen-bond acceptors (Lipinski definition) is 2. The Morgan fingerprint density at radius 2 is 1.69 bits per heavy atom. The van der Waals surface area contributed by atoms with Crippen molar-refractivity contribution in [3.05, 3.63) is 52.6 Å². The summed E-state index contributed by atoms with van der Waals surface area (Å²) in [6.45, 7) is 12.4. The minimum atomic E-state index is -0.556. The zero-order valence-corrected chi connectivity index (χ0v) is 20.2. The van der Waals surface area contributed by atoms with Crippen LogP contribution < -0.4 is 10.6 Å². The van der Waals surface area contributed by atoms with Gasteiger partial charge >= 0.3 is 35.6 Å². The Bertz CT molecular complexity index is 773.